The number of benzene rings is 1. The van der Waals surface area contributed by atoms with Gasteiger partial charge in [0.25, 0.3) is 5.91 Å². The third-order valence-electron chi connectivity index (χ3n) is 5.97. The van der Waals surface area contributed by atoms with Crippen molar-refractivity contribution in [1.82, 2.24) is 19.8 Å². The number of imidazole rings is 1. The van der Waals surface area contributed by atoms with Crippen molar-refractivity contribution in [3.63, 3.8) is 0 Å². The summed E-state index contributed by atoms with van der Waals surface area (Å²) in [7, 11) is 2.11. The molecule has 6 heteroatoms. The molecule has 6 nitrogen and oxygen atoms in total. The number of hydrogen-bond acceptors (Lipinski definition) is 4. The monoisotopic (exact) mass is 328 g/mol. The van der Waals surface area contributed by atoms with Crippen molar-refractivity contribution in [2.45, 2.75) is 25.3 Å². The first-order chi connectivity index (χ1) is 11.6. The number of carbonyl (C=O) groups excluding carboxylic acids is 1. The Hall–Kier alpha value is -1.92. The van der Waals surface area contributed by atoms with Crippen LogP contribution < -0.4 is 0 Å². The largest absolute Gasteiger partial charge is 0.396 e. The number of likely N-dealkylation sites (N-methyl/N-ethyl adjacent to an activating group) is 1. The van der Waals surface area contributed by atoms with Crippen molar-refractivity contribution in [3.05, 3.63) is 30.1 Å². The van der Waals surface area contributed by atoms with Crippen LogP contribution in [0.25, 0.3) is 11.0 Å². The number of aliphatic hydroxyl groups excluding tert-OH is 1. The summed E-state index contributed by atoms with van der Waals surface area (Å²) in [4.78, 5) is 24.5. The van der Waals surface area contributed by atoms with Crippen molar-refractivity contribution >= 4 is 16.9 Å². The molecule has 2 aliphatic heterocycles. The average molecular weight is 328 g/mol. The van der Waals surface area contributed by atoms with E-state index in [1.165, 1.54) is 0 Å². The molecule has 24 heavy (non-hydrogen) atoms. The topological polar surface area (TPSA) is 72.5 Å². The summed E-state index contributed by atoms with van der Waals surface area (Å²) in [5.41, 5.74) is 2.41. The molecular formula is C18H24N4O2. The predicted octanol–water partition coefficient (Wildman–Crippen LogP) is 1.48. The van der Waals surface area contributed by atoms with Gasteiger partial charge in [0, 0.05) is 30.1 Å². The minimum atomic E-state index is -0.0445. The van der Waals surface area contributed by atoms with Crippen LogP contribution in [0.1, 0.15) is 29.6 Å². The molecule has 2 aromatic rings. The number of hydrogen-bond donors (Lipinski definition) is 2. The Morgan fingerprint density at radius 3 is 3.12 bits per heavy atom. The Morgan fingerprint density at radius 1 is 1.42 bits per heavy atom. The first-order valence-corrected chi connectivity index (χ1v) is 8.66. The molecule has 2 fully saturated rings. The van der Waals surface area contributed by atoms with Gasteiger partial charge < -0.3 is 19.9 Å². The molecule has 3 heterocycles. The Kier molecular flexibility index (Phi) is 3.81. The lowest BCUT2D eigenvalue weighted by atomic mass is 9.69. The molecule has 0 aliphatic carbocycles. The van der Waals surface area contributed by atoms with E-state index >= 15 is 0 Å². The number of carbonyl (C=O) groups is 1. The molecule has 2 aliphatic rings. The quantitative estimate of drug-likeness (QED) is 0.876. The standard InChI is InChI=1S/C18H24N4O2/c1-21-7-2-5-18(11-23)6-8-22(10-16(18)21)17(24)13-3-4-14-15(9-13)20-12-19-14/h3-4,9,12,16,23H,2,5-8,10-11H2,1H3,(H,19,20)/t16-,18-/m1/s1. The highest BCUT2D eigenvalue weighted by Crippen LogP contribution is 2.41. The molecule has 4 rings (SSSR count). The number of piperidine rings is 2. The lowest BCUT2D eigenvalue weighted by Gasteiger charge is -2.53. The van der Waals surface area contributed by atoms with Crippen molar-refractivity contribution in [2.75, 3.05) is 33.3 Å². The van der Waals surface area contributed by atoms with Gasteiger partial charge in [-0.3, -0.25) is 4.79 Å². The maximum absolute atomic E-state index is 12.9. The van der Waals surface area contributed by atoms with E-state index in [0.717, 1.165) is 36.8 Å². The van der Waals surface area contributed by atoms with Gasteiger partial charge in [0.1, 0.15) is 0 Å². The summed E-state index contributed by atoms with van der Waals surface area (Å²) in [6.45, 7) is 2.65. The zero-order valence-electron chi connectivity index (χ0n) is 14.0. The van der Waals surface area contributed by atoms with Crippen LogP contribution in [0.5, 0.6) is 0 Å². The van der Waals surface area contributed by atoms with Crippen LogP contribution in [0.3, 0.4) is 0 Å². The first-order valence-electron chi connectivity index (χ1n) is 8.66. The van der Waals surface area contributed by atoms with E-state index in [4.69, 9.17) is 0 Å². The molecule has 1 amide bonds. The smallest absolute Gasteiger partial charge is 0.253 e. The van der Waals surface area contributed by atoms with Gasteiger partial charge in [-0.05, 0) is 51.1 Å². The number of aliphatic hydroxyl groups is 1. The van der Waals surface area contributed by atoms with Crippen molar-refractivity contribution in [2.24, 2.45) is 5.41 Å². The van der Waals surface area contributed by atoms with Crippen LogP contribution in [0.2, 0.25) is 0 Å². The van der Waals surface area contributed by atoms with Crippen molar-refractivity contribution < 1.29 is 9.90 Å². The molecule has 0 bridgehead atoms. The van der Waals surface area contributed by atoms with Gasteiger partial charge in [0.15, 0.2) is 0 Å². The Bertz CT molecular complexity index is 758. The van der Waals surface area contributed by atoms with Crippen molar-refractivity contribution in [1.29, 1.82) is 0 Å². The number of likely N-dealkylation sites (tertiary alicyclic amines) is 2. The fraction of sp³-hybridized carbons (Fsp3) is 0.556. The Labute approximate surface area is 141 Å². The highest BCUT2D eigenvalue weighted by Gasteiger charge is 2.47. The van der Waals surface area contributed by atoms with E-state index in [2.05, 4.69) is 21.9 Å². The van der Waals surface area contributed by atoms with Gasteiger partial charge in [-0.15, -0.1) is 0 Å². The molecule has 2 saturated heterocycles. The maximum Gasteiger partial charge on any atom is 0.253 e. The van der Waals surface area contributed by atoms with E-state index in [9.17, 15) is 9.90 Å². The summed E-state index contributed by atoms with van der Waals surface area (Å²) in [5.74, 6) is 0.0667. The third kappa shape index (κ3) is 2.41. The lowest BCUT2D eigenvalue weighted by molar-refractivity contribution is -0.0601. The van der Waals surface area contributed by atoms with Gasteiger partial charge in [-0.2, -0.15) is 0 Å². The van der Waals surface area contributed by atoms with Gasteiger partial charge >= 0.3 is 0 Å². The minimum Gasteiger partial charge on any atom is -0.396 e. The van der Waals surface area contributed by atoms with Crippen LogP contribution >= 0.6 is 0 Å². The van der Waals surface area contributed by atoms with E-state index < -0.39 is 0 Å². The number of nitrogens with zero attached hydrogens (tertiary/aromatic N) is 3. The van der Waals surface area contributed by atoms with Crippen LogP contribution in [-0.4, -0.2) is 70.1 Å². The zero-order chi connectivity index (χ0) is 16.7. The number of aromatic amines is 1. The molecule has 128 valence electrons. The fourth-order valence-corrected chi connectivity index (χ4v) is 4.45. The molecule has 0 radical (unpaired) electrons. The van der Waals surface area contributed by atoms with Crippen molar-refractivity contribution in [3.8, 4) is 0 Å². The number of nitrogens with one attached hydrogen (secondary N) is 1. The average Bonchev–Trinajstić information content (AvgIpc) is 3.09. The Morgan fingerprint density at radius 2 is 2.29 bits per heavy atom. The molecule has 0 unspecified atom stereocenters. The zero-order valence-corrected chi connectivity index (χ0v) is 14.0. The van der Waals surface area contributed by atoms with E-state index in [-0.39, 0.29) is 24.0 Å². The van der Waals surface area contributed by atoms with Crippen LogP contribution in [-0.2, 0) is 0 Å². The second-order valence-electron chi connectivity index (χ2n) is 7.26. The summed E-state index contributed by atoms with van der Waals surface area (Å²) >= 11 is 0. The first kappa shape index (κ1) is 15.6. The number of H-pyrrole nitrogens is 1. The third-order valence-corrected chi connectivity index (χ3v) is 5.97. The van der Waals surface area contributed by atoms with E-state index in [1.807, 2.05) is 23.1 Å². The summed E-state index contributed by atoms with van der Waals surface area (Å²) in [5, 5.41) is 9.99. The predicted molar refractivity (Wildman–Crippen MR) is 91.8 cm³/mol. The number of amides is 1. The van der Waals surface area contributed by atoms with Crippen LogP contribution in [0, 0.1) is 5.41 Å². The number of fused-ring (bicyclic) bond motifs is 2. The van der Waals surface area contributed by atoms with E-state index in [1.54, 1.807) is 6.33 Å². The van der Waals surface area contributed by atoms with Gasteiger partial charge in [0.05, 0.1) is 24.0 Å². The fourth-order valence-electron chi connectivity index (χ4n) is 4.45. The van der Waals surface area contributed by atoms with Gasteiger partial charge in [-0.25, -0.2) is 4.98 Å². The SMILES string of the molecule is CN1CCC[C@]2(CO)CCN(C(=O)c3ccc4nc[nH]c4c3)C[C@@H]12. The molecule has 0 saturated carbocycles. The number of rotatable bonds is 2. The summed E-state index contributed by atoms with van der Waals surface area (Å²) in [6.07, 6.45) is 4.70. The molecular weight excluding hydrogens is 304 g/mol. The highest BCUT2D eigenvalue weighted by molar-refractivity contribution is 5.97. The highest BCUT2D eigenvalue weighted by atomic mass is 16.3. The number of aromatic nitrogens is 2. The van der Waals surface area contributed by atoms with E-state index in [0.29, 0.717) is 18.7 Å². The molecule has 2 N–H and O–H groups in total. The second kappa shape index (κ2) is 5.86. The minimum absolute atomic E-state index is 0.0445. The van der Waals surface area contributed by atoms with Gasteiger partial charge in [0.2, 0.25) is 0 Å². The van der Waals surface area contributed by atoms with Gasteiger partial charge in [-0.1, -0.05) is 0 Å². The molecule has 1 aromatic heterocycles. The maximum atomic E-state index is 12.9. The summed E-state index contributed by atoms with van der Waals surface area (Å²) in [6, 6.07) is 5.85. The molecule has 2 atom stereocenters. The molecule has 1 aromatic carbocycles. The Balaban J connectivity index is 1.57. The lowest BCUT2D eigenvalue weighted by Crippen LogP contribution is -2.62. The summed E-state index contributed by atoms with van der Waals surface area (Å²) < 4.78 is 0. The molecule has 0 spiro atoms. The van der Waals surface area contributed by atoms with Crippen LogP contribution in [0.4, 0.5) is 0 Å². The second-order valence-corrected chi connectivity index (χ2v) is 7.26. The normalized spacial score (nSPS) is 28.1. The van der Waals surface area contributed by atoms with Crippen LogP contribution in [0.15, 0.2) is 24.5 Å².